The van der Waals surface area contributed by atoms with Gasteiger partial charge in [-0.1, -0.05) is 95.6 Å². The molecule has 240 valence electrons. The molecule has 47 heavy (non-hydrogen) atoms. The van der Waals surface area contributed by atoms with E-state index >= 15 is 0 Å². The molecule has 0 aromatic heterocycles. The molecule has 0 radical (unpaired) electrons. The highest BCUT2D eigenvalue weighted by Crippen LogP contribution is 2.44. The molecule has 0 aliphatic carbocycles. The molecule has 2 atom stereocenters. The van der Waals surface area contributed by atoms with E-state index in [4.69, 9.17) is 36.7 Å². The van der Waals surface area contributed by atoms with Crippen molar-refractivity contribution in [2.75, 3.05) is 19.8 Å². The van der Waals surface area contributed by atoms with Gasteiger partial charge in [0.1, 0.15) is 5.75 Å². The second-order valence-corrected chi connectivity index (χ2v) is 11.5. The van der Waals surface area contributed by atoms with E-state index in [0.29, 0.717) is 53.8 Å². The zero-order valence-electron chi connectivity index (χ0n) is 25.8. The lowest BCUT2D eigenvalue weighted by molar-refractivity contribution is -0.128. The zero-order chi connectivity index (χ0) is 32.9. The summed E-state index contributed by atoms with van der Waals surface area (Å²) in [6.45, 7) is 0.913. The maximum atomic E-state index is 14.5. The minimum Gasteiger partial charge on any atom is -0.494 e. The van der Waals surface area contributed by atoms with Gasteiger partial charge in [-0.15, -0.1) is 0 Å². The van der Waals surface area contributed by atoms with Crippen molar-refractivity contribution in [3.63, 3.8) is 0 Å². The van der Waals surface area contributed by atoms with Crippen molar-refractivity contribution in [1.29, 1.82) is 0 Å². The maximum Gasteiger partial charge on any atom is 0.252 e. The number of ether oxygens (including phenoxy) is 2. The minimum absolute atomic E-state index is 0.0494. The van der Waals surface area contributed by atoms with Crippen LogP contribution in [-0.4, -0.2) is 42.2 Å². The van der Waals surface area contributed by atoms with E-state index in [0.717, 1.165) is 16.7 Å². The van der Waals surface area contributed by atoms with Crippen LogP contribution in [0.1, 0.15) is 46.8 Å². The summed E-state index contributed by atoms with van der Waals surface area (Å²) >= 11 is 6.07. The molecular weight excluding hydrogens is 614 g/mol. The Morgan fingerprint density at radius 1 is 1.04 bits per heavy atom. The molecule has 9 nitrogen and oxygen atoms in total. The summed E-state index contributed by atoms with van der Waals surface area (Å²) in [4.78, 5) is 22.5. The van der Waals surface area contributed by atoms with E-state index < -0.39 is 11.6 Å². The van der Waals surface area contributed by atoms with Crippen LogP contribution in [0.15, 0.2) is 119 Å². The molecule has 0 saturated carbocycles. The van der Waals surface area contributed by atoms with E-state index in [1.54, 1.807) is 0 Å². The van der Waals surface area contributed by atoms with Gasteiger partial charge in [0.05, 0.1) is 13.2 Å². The summed E-state index contributed by atoms with van der Waals surface area (Å²) in [6.07, 6.45) is 4.47. The van der Waals surface area contributed by atoms with Crippen molar-refractivity contribution in [1.82, 2.24) is 5.32 Å². The number of carbonyl (C=O) groups excluding carboxylic acids is 1. The molecule has 1 heterocycles. The first-order valence-electron chi connectivity index (χ1n) is 15.5. The van der Waals surface area contributed by atoms with E-state index in [1.807, 2.05) is 115 Å². The Labute approximate surface area is 279 Å². The molecule has 0 bridgehead atoms. The lowest BCUT2D eigenvalue weighted by Gasteiger charge is -2.31. The third kappa shape index (κ3) is 8.60. The number of carbonyl (C=O) groups is 1. The molecule has 4 aromatic carbocycles. The number of amides is 1. The average Bonchev–Trinajstić information content (AvgIpc) is 3.49. The van der Waals surface area contributed by atoms with Gasteiger partial charge in [0.15, 0.2) is 11.6 Å². The molecule has 1 aliphatic rings. The molecule has 10 heteroatoms. The van der Waals surface area contributed by atoms with Crippen molar-refractivity contribution >= 4 is 29.5 Å². The summed E-state index contributed by atoms with van der Waals surface area (Å²) in [6, 6.07) is 32.2. The first kappa shape index (κ1) is 33.3. The van der Waals surface area contributed by atoms with Crippen LogP contribution in [0.25, 0.3) is 16.5 Å². The van der Waals surface area contributed by atoms with Gasteiger partial charge in [0, 0.05) is 41.5 Å². The Morgan fingerprint density at radius 3 is 2.53 bits per heavy atom. The van der Waals surface area contributed by atoms with Crippen LogP contribution in [-0.2, 0) is 22.5 Å². The van der Waals surface area contributed by atoms with Crippen LogP contribution < -0.4 is 10.1 Å². The number of benzene rings is 4. The fourth-order valence-electron chi connectivity index (χ4n) is 5.40. The highest BCUT2D eigenvalue weighted by Gasteiger charge is 2.53. The minimum atomic E-state index is -1.39. The highest BCUT2D eigenvalue weighted by molar-refractivity contribution is 6.30. The predicted molar refractivity (Wildman–Crippen MR) is 184 cm³/mol. The van der Waals surface area contributed by atoms with Crippen molar-refractivity contribution in [3.8, 4) is 5.75 Å². The van der Waals surface area contributed by atoms with Crippen LogP contribution >= 0.6 is 11.6 Å². The quantitative estimate of drug-likeness (QED) is 0.0593. The number of hydrogen-bond acceptors (Lipinski definition) is 6. The molecule has 0 spiro atoms. The van der Waals surface area contributed by atoms with Gasteiger partial charge in [-0.25, -0.2) is 4.99 Å². The number of aliphatic imine (C=N–C) groups is 1. The summed E-state index contributed by atoms with van der Waals surface area (Å²) in [7, 11) is 0. The normalized spacial score (nSPS) is 17.1. The number of aliphatic hydroxyl groups excluding tert-OH is 1. The molecule has 5 rings (SSSR count). The van der Waals surface area contributed by atoms with E-state index in [9.17, 15) is 4.79 Å². The largest absolute Gasteiger partial charge is 0.494 e. The molecule has 1 aliphatic heterocycles. The Balaban J connectivity index is 1.53. The van der Waals surface area contributed by atoms with Crippen molar-refractivity contribution < 1.29 is 19.4 Å². The Kier molecular flexibility index (Phi) is 11.7. The van der Waals surface area contributed by atoms with Crippen LogP contribution in [0.3, 0.4) is 0 Å². The number of aliphatic hydroxyl groups is 1. The zero-order valence-corrected chi connectivity index (χ0v) is 26.6. The number of halogens is 1. The lowest BCUT2D eigenvalue weighted by atomic mass is 9.82. The van der Waals surface area contributed by atoms with Gasteiger partial charge in [-0.05, 0) is 70.6 Å². The number of nitrogens with one attached hydrogen (secondary N) is 1. The molecule has 1 amide bonds. The molecule has 0 unspecified atom stereocenters. The smallest absolute Gasteiger partial charge is 0.252 e. The first-order chi connectivity index (χ1) is 23.0. The van der Waals surface area contributed by atoms with Crippen LogP contribution in [0.2, 0.25) is 5.02 Å². The van der Waals surface area contributed by atoms with E-state index in [-0.39, 0.29) is 25.5 Å². The monoisotopic (exact) mass is 649 g/mol. The molecule has 4 aromatic rings. The average molecular weight is 650 g/mol. The number of nitrogens with zero attached hydrogens (tertiary/aromatic N) is 4. The van der Waals surface area contributed by atoms with Gasteiger partial charge in [0.25, 0.3) is 5.91 Å². The van der Waals surface area contributed by atoms with Crippen molar-refractivity contribution in [2.45, 2.75) is 37.5 Å². The van der Waals surface area contributed by atoms with Gasteiger partial charge >= 0.3 is 0 Å². The Hall–Kier alpha value is -5.08. The second kappa shape index (κ2) is 16.5. The standard InChI is InChI=1S/C37H36ClN5O4/c38-31-17-13-28(14-18-31)21-23-40-36(45)37(22-6-10-27-8-2-1-3-9-27)34(33-12-5-4-11-30(33)26-41-43-39)47-35(42-37)29-15-19-32(20-16-29)46-25-7-24-44/h1-6,8-20,34,44H,7,21-26H2,(H,40,45)/b10-6+/t34-,37-/m1/s1. The molecule has 2 N–H and O–H groups in total. The second-order valence-electron chi connectivity index (χ2n) is 11.0. The van der Waals surface area contributed by atoms with Gasteiger partial charge in [-0.3, -0.25) is 4.79 Å². The summed E-state index contributed by atoms with van der Waals surface area (Å²) in [5.41, 5.74) is 11.9. The summed E-state index contributed by atoms with van der Waals surface area (Å²) in [5, 5.41) is 16.7. The Morgan fingerprint density at radius 2 is 1.79 bits per heavy atom. The highest BCUT2D eigenvalue weighted by atomic mass is 35.5. The number of rotatable bonds is 15. The fraction of sp³-hybridized carbons (Fsp3) is 0.243. The van der Waals surface area contributed by atoms with Crippen molar-refractivity contribution in [3.05, 3.63) is 152 Å². The summed E-state index contributed by atoms with van der Waals surface area (Å²) < 4.78 is 12.4. The van der Waals surface area contributed by atoms with Crippen LogP contribution in [0.5, 0.6) is 5.75 Å². The van der Waals surface area contributed by atoms with Crippen LogP contribution in [0.4, 0.5) is 0 Å². The Bertz CT molecular complexity index is 1740. The number of hydrogen-bond donors (Lipinski definition) is 2. The fourth-order valence-corrected chi connectivity index (χ4v) is 5.52. The lowest BCUT2D eigenvalue weighted by Crippen LogP contribution is -2.48. The third-order valence-electron chi connectivity index (χ3n) is 7.82. The van der Waals surface area contributed by atoms with Gasteiger partial charge in [-0.2, -0.15) is 0 Å². The molecule has 0 saturated heterocycles. The SMILES string of the molecule is [N-]=[N+]=NCc1ccccc1[C@H]1OC(c2ccc(OCCCO)cc2)=N[C@@]1(C/C=C/c1ccccc1)C(=O)NCCc1ccc(Cl)cc1. The topological polar surface area (TPSA) is 129 Å². The third-order valence-corrected chi connectivity index (χ3v) is 8.08. The van der Waals surface area contributed by atoms with Crippen molar-refractivity contribution in [2.24, 2.45) is 10.1 Å². The summed E-state index contributed by atoms with van der Waals surface area (Å²) in [5.74, 6) is 0.678. The first-order valence-corrected chi connectivity index (χ1v) is 15.8. The van der Waals surface area contributed by atoms with E-state index in [1.165, 1.54) is 0 Å². The van der Waals surface area contributed by atoms with Crippen LogP contribution in [0, 0.1) is 0 Å². The van der Waals surface area contributed by atoms with Gasteiger partial charge in [0.2, 0.25) is 5.90 Å². The molecule has 0 fully saturated rings. The molecular formula is C37H36ClN5O4. The van der Waals surface area contributed by atoms with Gasteiger partial charge < -0.3 is 19.9 Å². The van der Waals surface area contributed by atoms with E-state index in [2.05, 4.69) is 15.3 Å². The maximum absolute atomic E-state index is 14.5. The predicted octanol–water partition coefficient (Wildman–Crippen LogP) is 7.63. The number of azide groups is 1.